The van der Waals surface area contributed by atoms with Gasteiger partial charge < -0.3 is 14.8 Å². The molecule has 0 aliphatic rings. The lowest BCUT2D eigenvalue weighted by Crippen LogP contribution is -2.24. The highest BCUT2D eigenvalue weighted by atomic mass is 16.5. The van der Waals surface area contributed by atoms with Gasteiger partial charge >= 0.3 is 0 Å². The van der Waals surface area contributed by atoms with E-state index in [1.54, 1.807) is 0 Å². The van der Waals surface area contributed by atoms with Crippen LogP contribution in [-0.2, 0) is 17.8 Å². The van der Waals surface area contributed by atoms with E-state index >= 15 is 0 Å². The van der Waals surface area contributed by atoms with Crippen LogP contribution in [0.3, 0.4) is 0 Å². The average Bonchev–Trinajstić information content (AvgIpc) is 2.84. The highest BCUT2D eigenvalue weighted by molar-refractivity contribution is 5.79. The Kier molecular flexibility index (Phi) is 9.84. The van der Waals surface area contributed by atoms with Gasteiger partial charge in [-0.15, -0.1) is 0 Å². The standard InChI is InChI=1S/C29H35NO3/c1-3-5-16-32-27-18-24(19-28(21-27)33-17-6-4-2)22-30-29(31)20-23-12-14-26(15-13-23)25-10-8-7-9-11-25/h7-15,18-19,21H,3-6,16-17,20,22H2,1-2H3,(H,30,31). The highest BCUT2D eigenvalue weighted by Crippen LogP contribution is 2.24. The molecule has 1 amide bonds. The Labute approximate surface area is 197 Å². The number of benzene rings is 3. The van der Waals surface area contributed by atoms with E-state index in [9.17, 15) is 4.79 Å². The fourth-order valence-corrected chi connectivity index (χ4v) is 3.46. The maximum atomic E-state index is 12.6. The van der Waals surface area contributed by atoms with Crippen LogP contribution in [-0.4, -0.2) is 19.1 Å². The van der Waals surface area contributed by atoms with Gasteiger partial charge in [-0.2, -0.15) is 0 Å². The molecule has 3 aromatic rings. The molecule has 0 heterocycles. The number of carbonyl (C=O) groups is 1. The summed E-state index contributed by atoms with van der Waals surface area (Å²) < 4.78 is 11.8. The lowest BCUT2D eigenvalue weighted by atomic mass is 10.0. The molecule has 0 aliphatic carbocycles. The number of hydrogen-bond acceptors (Lipinski definition) is 3. The normalized spacial score (nSPS) is 10.6. The van der Waals surface area contributed by atoms with E-state index in [1.807, 2.05) is 48.5 Å². The predicted octanol–water partition coefficient (Wildman–Crippen LogP) is 6.57. The summed E-state index contributed by atoms with van der Waals surface area (Å²) in [5.41, 5.74) is 4.29. The molecule has 0 bridgehead atoms. The summed E-state index contributed by atoms with van der Waals surface area (Å²) in [4.78, 5) is 12.6. The molecule has 33 heavy (non-hydrogen) atoms. The van der Waals surface area contributed by atoms with Crippen LogP contribution in [0.15, 0.2) is 72.8 Å². The van der Waals surface area contributed by atoms with Crippen molar-refractivity contribution in [2.75, 3.05) is 13.2 Å². The van der Waals surface area contributed by atoms with Crippen molar-refractivity contribution < 1.29 is 14.3 Å². The lowest BCUT2D eigenvalue weighted by molar-refractivity contribution is -0.120. The molecule has 0 unspecified atom stereocenters. The van der Waals surface area contributed by atoms with Crippen LogP contribution < -0.4 is 14.8 Å². The van der Waals surface area contributed by atoms with Crippen LogP contribution in [0.1, 0.15) is 50.7 Å². The summed E-state index contributed by atoms with van der Waals surface area (Å²) in [6, 6.07) is 24.3. The molecule has 0 radical (unpaired) electrons. The topological polar surface area (TPSA) is 47.6 Å². The number of carbonyl (C=O) groups excluding carboxylic acids is 1. The second kappa shape index (κ2) is 13.3. The van der Waals surface area contributed by atoms with Crippen molar-refractivity contribution in [3.05, 3.63) is 83.9 Å². The Bertz CT molecular complexity index is 955. The van der Waals surface area contributed by atoms with Crippen molar-refractivity contribution in [1.82, 2.24) is 5.32 Å². The van der Waals surface area contributed by atoms with E-state index in [1.165, 1.54) is 5.56 Å². The number of nitrogens with one attached hydrogen (secondary N) is 1. The van der Waals surface area contributed by atoms with Gasteiger partial charge in [-0.25, -0.2) is 0 Å². The Balaban J connectivity index is 1.57. The minimum Gasteiger partial charge on any atom is -0.493 e. The number of rotatable bonds is 13. The molecular weight excluding hydrogens is 410 g/mol. The number of amides is 1. The average molecular weight is 446 g/mol. The minimum absolute atomic E-state index is 0.00628. The Morgan fingerprint density at radius 1 is 0.727 bits per heavy atom. The fourth-order valence-electron chi connectivity index (χ4n) is 3.46. The SMILES string of the molecule is CCCCOc1cc(CNC(=O)Cc2ccc(-c3ccccc3)cc2)cc(OCCCC)c1. The van der Waals surface area contributed by atoms with E-state index in [0.717, 1.165) is 53.9 Å². The summed E-state index contributed by atoms with van der Waals surface area (Å²) >= 11 is 0. The first kappa shape index (κ1) is 24.4. The van der Waals surface area contributed by atoms with E-state index in [4.69, 9.17) is 9.47 Å². The van der Waals surface area contributed by atoms with Crippen molar-refractivity contribution in [3.8, 4) is 22.6 Å². The third-order valence-electron chi connectivity index (χ3n) is 5.39. The molecule has 174 valence electrons. The monoisotopic (exact) mass is 445 g/mol. The van der Waals surface area contributed by atoms with Gasteiger partial charge in [-0.1, -0.05) is 81.3 Å². The number of unbranched alkanes of at least 4 members (excludes halogenated alkanes) is 2. The predicted molar refractivity (Wildman–Crippen MR) is 135 cm³/mol. The summed E-state index contributed by atoms with van der Waals surface area (Å²) in [5.74, 6) is 1.57. The van der Waals surface area contributed by atoms with Crippen LogP contribution >= 0.6 is 0 Å². The van der Waals surface area contributed by atoms with Crippen LogP contribution in [0.2, 0.25) is 0 Å². The van der Waals surface area contributed by atoms with Gasteiger partial charge in [0.25, 0.3) is 0 Å². The van der Waals surface area contributed by atoms with Crippen LogP contribution in [0.5, 0.6) is 11.5 Å². The molecule has 0 saturated heterocycles. The molecule has 0 aliphatic heterocycles. The van der Waals surface area contributed by atoms with Gasteiger partial charge in [0, 0.05) is 12.6 Å². The molecule has 0 aromatic heterocycles. The molecule has 0 fully saturated rings. The smallest absolute Gasteiger partial charge is 0.224 e. The second-order valence-corrected chi connectivity index (χ2v) is 8.23. The molecule has 4 nitrogen and oxygen atoms in total. The Morgan fingerprint density at radius 2 is 1.30 bits per heavy atom. The van der Waals surface area contributed by atoms with Gasteiger partial charge in [0.2, 0.25) is 5.91 Å². The van der Waals surface area contributed by atoms with Crippen LogP contribution in [0.4, 0.5) is 0 Å². The van der Waals surface area contributed by atoms with Crippen molar-refractivity contribution >= 4 is 5.91 Å². The molecule has 0 atom stereocenters. The molecule has 0 saturated carbocycles. The van der Waals surface area contributed by atoms with E-state index in [0.29, 0.717) is 26.2 Å². The Morgan fingerprint density at radius 3 is 1.88 bits per heavy atom. The van der Waals surface area contributed by atoms with Crippen molar-refractivity contribution in [2.24, 2.45) is 0 Å². The maximum Gasteiger partial charge on any atom is 0.224 e. The van der Waals surface area contributed by atoms with Gasteiger partial charge in [0.05, 0.1) is 19.6 Å². The summed E-state index contributed by atoms with van der Waals surface area (Å²) in [6.07, 6.45) is 4.54. The molecule has 0 spiro atoms. The quantitative estimate of drug-likeness (QED) is 0.303. The number of hydrogen-bond donors (Lipinski definition) is 1. The zero-order valence-corrected chi connectivity index (χ0v) is 19.8. The van der Waals surface area contributed by atoms with Gasteiger partial charge in [0.15, 0.2) is 0 Å². The zero-order chi connectivity index (χ0) is 23.3. The Hall–Kier alpha value is -3.27. The van der Waals surface area contributed by atoms with Gasteiger partial charge in [0.1, 0.15) is 11.5 Å². The summed E-state index contributed by atoms with van der Waals surface area (Å²) in [5, 5.41) is 3.03. The second-order valence-electron chi connectivity index (χ2n) is 8.23. The van der Waals surface area contributed by atoms with Crippen molar-refractivity contribution in [2.45, 2.75) is 52.5 Å². The van der Waals surface area contributed by atoms with Gasteiger partial charge in [-0.05, 0) is 47.2 Å². The van der Waals surface area contributed by atoms with E-state index in [-0.39, 0.29) is 5.91 Å². The van der Waals surface area contributed by atoms with Crippen LogP contribution in [0.25, 0.3) is 11.1 Å². The van der Waals surface area contributed by atoms with Crippen molar-refractivity contribution in [3.63, 3.8) is 0 Å². The first-order valence-corrected chi connectivity index (χ1v) is 12.0. The molecular formula is C29H35NO3. The number of ether oxygens (including phenoxy) is 2. The van der Waals surface area contributed by atoms with Gasteiger partial charge in [-0.3, -0.25) is 4.79 Å². The molecule has 1 N–H and O–H groups in total. The summed E-state index contributed by atoms with van der Waals surface area (Å²) in [7, 11) is 0. The molecule has 3 rings (SSSR count). The zero-order valence-electron chi connectivity index (χ0n) is 19.8. The fraction of sp³-hybridized carbons (Fsp3) is 0.345. The summed E-state index contributed by atoms with van der Waals surface area (Å²) in [6.45, 7) is 6.09. The third-order valence-corrected chi connectivity index (χ3v) is 5.39. The minimum atomic E-state index is -0.00628. The van der Waals surface area contributed by atoms with E-state index in [2.05, 4.69) is 43.4 Å². The van der Waals surface area contributed by atoms with Crippen LogP contribution in [0, 0.1) is 0 Å². The lowest BCUT2D eigenvalue weighted by Gasteiger charge is -2.13. The molecule has 4 heteroatoms. The first-order chi connectivity index (χ1) is 16.2. The van der Waals surface area contributed by atoms with E-state index < -0.39 is 0 Å². The highest BCUT2D eigenvalue weighted by Gasteiger charge is 2.08. The largest absolute Gasteiger partial charge is 0.493 e. The van der Waals surface area contributed by atoms with Crippen molar-refractivity contribution in [1.29, 1.82) is 0 Å². The third kappa shape index (κ3) is 8.30. The first-order valence-electron chi connectivity index (χ1n) is 12.0. The maximum absolute atomic E-state index is 12.6. The molecule has 3 aromatic carbocycles.